The van der Waals surface area contributed by atoms with Crippen LogP contribution < -0.4 is 9.47 Å². The van der Waals surface area contributed by atoms with E-state index in [-0.39, 0.29) is 28.3 Å². The predicted molar refractivity (Wildman–Crippen MR) is 135 cm³/mol. The van der Waals surface area contributed by atoms with Gasteiger partial charge in [0.15, 0.2) is 11.5 Å². The van der Waals surface area contributed by atoms with Crippen LogP contribution >= 0.6 is 0 Å². The lowest BCUT2D eigenvalue weighted by molar-refractivity contribution is -0.301. The summed E-state index contributed by atoms with van der Waals surface area (Å²) in [7, 11) is 3.66. The van der Waals surface area contributed by atoms with Crippen molar-refractivity contribution in [1.82, 2.24) is 4.90 Å². The number of fused-ring (bicyclic) bond motifs is 2. The highest BCUT2D eigenvalue weighted by Gasteiger charge is 3.03. The van der Waals surface area contributed by atoms with Crippen LogP contribution in [0.3, 0.4) is 0 Å². The Morgan fingerprint density at radius 3 is 2.58 bits per heavy atom. The van der Waals surface area contributed by atoms with Gasteiger partial charge in [0.25, 0.3) is 0 Å². The molecule has 1 aromatic rings. The van der Waals surface area contributed by atoms with Gasteiger partial charge >= 0.3 is 0 Å². The fraction of sp³-hybridized carbons (Fsp3) is 0.806. The van der Waals surface area contributed by atoms with Crippen LogP contribution in [0.15, 0.2) is 12.1 Å². The number of nitrogens with zero attached hydrogens (tertiary/aromatic N) is 1. The Labute approximate surface area is 214 Å². The Bertz CT molecular complexity index is 1230. The van der Waals surface area contributed by atoms with Gasteiger partial charge in [0, 0.05) is 48.0 Å². The topological polar surface area (TPSA) is 50.9 Å². The molecule has 9 aliphatic rings. The van der Waals surface area contributed by atoms with E-state index in [0.717, 1.165) is 36.7 Å². The molecule has 0 aromatic heterocycles. The molecule has 3 spiro atoms. The van der Waals surface area contributed by atoms with Crippen molar-refractivity contribution in [3.8, 4) is 11.5 Å². The average Bonchev–Trinajstić information content (AvgIpc) is 3.77. The second-order valence-electron chi connectivity index (χ2n) is 15.2. The van der Waals surface area contributed by atoms with Gasteiger partial charge in [0.1, 0.15) is 11.7 Å². The molecule has 6 saturated carbocycles. The standard InChI is InChI=1S/C31H41NO4/c1-26(2,3)27(4,33)19-14-28-11-12-30(19,35-6)25-31(28)21-20-17(9-10-18(34-5)22(20)36-25)13-29(23(21)31)24(28)32(29)15-16-7-8-16/h9-10,16,19,21,23-25,33H,7-8,11-15H2,1-6H3/t19?,21-,23+,24?,25?,27?,28?,29-,30?,31?,32?/m1/s1. The van der Waals surface area contributed by atoms with Crippen LogP contribution in [-0.2, 0) is 11.2 Å². The predicted octanol–water partition coefficient (Wildman–Crippen LogP) is 4.54. The van der Waals surface area contributed by atoms with Crippen molar-refractivity contribution >= 4 is 0 Å². The van der Waals surface area contributed by atoms with Gasteiger partial charge < -0.3 is 19.3 Å². The zero-order chi connectivity index (χ0) is 24.8. The lowest BCUT2D eigenvalue weighted by Gasteiger charge is -2.69. The van der Waals surface area contributed by atoms with Crippen molar-refractivity contribution in [2.75, 3.05) is 20.8 Å². The SMILES string of the molecule is COc1ccc2c3c1OC1C4(OC)CCC5(CC4C(C)(O)C(C)(C)C)C4N(CC6CC6)[C@]4(C2)[C@@H]2[C@@H]3C125. The van der Waals surface area contributed by atoms with E-state index in [1.165, 1.54) is 36.9 Å². The molecule has 0 radical (unpaired) electrons. The third kappa shape index (κ3) is 1.81. The van der Waals surface area contributed by atoms with Crippen molar-refractivity contribution in [3.05, 3.63) is 23.3 Å². The monoisotopic (exact) mass is 491 g/mol. The highest BCUT2D eigenvalue weighted by Crippen LogP contribution is 2.99. The number of hydrogen-bond donors (Lipinski definition) is 1. The van der Waals surface area contributed by atoms with Crippen LogP contribution in [0, 0.1) is 34.0 Å². The molecule has 7 aliphatic carbocycles. The molecule has 194 valence electrons. The van der Waals surface area contributed by atoms with E-state index in [2.05, 4.69) is 44.7 Å². The van der Waals surface area contributed by atoms with Gasteiger partial charge in [-0.3, -0.25) is 4.90 Å². The van der Waals surface area contributed by atoms with Crippen LogP contribution in [0.4, 0.5) is 0 Å². The van der Waals surface area contributed by atoms with Crippen molar-refractivity contribution in [3.63, 3.8) is 0 Å². The normalized spacial score (nSPS) is 53.2. The number of hydrogen-bond acceptors (Lipinski definition) is 5. The zero-order valence-corrected chi connectivity index (χ0v) is 22.7. The summed E-state index contributed by atoms with van der Waals surface area (Å²) in [5, 5.41) is 12.3. The molecule has 2 bridgehead atoms. The molecule has 2 aliphatic heterocycles. The van der Waals surface area contributed by atoms with Crippen molar-refractivity contribution in [1.29, 1.82) is 0 Å². The van der Waals surface area contributed by atoms with Crippen LogP contribution in [-0.4, -0.2) is 59.7 Å². The summed E-state index contributed by atoms with van der Waals surface area (Å²) in [4.78, 5) is 2.98. The molecule has 1 aromatic carbocycles. The Balaban J connectivity index is 1.31. The van der Waals surface area contributed by atoms with E-state index in [1.807, 2.05) is 7.11 Å². The molecular weight excluding hydrogens is 450 g/mol. The number of rotatable bonds is 5. The van der Waals surface area contributed by atoms with Crippen LogP contribution in [0.1, 0.15) is 76.8 Å². The molecule has 11 atom stereocenters. The average molecular weight is 492 g/mol. The first-order valence-electron chi connectivity index (χ1n) is 14.5. The fourth-order valence-electron chi connectivity index (χ4n) is 11.8. The maximum atomic E-state index is 12.3. The third-order valence-electron chi connectivity index (χ3n) is 13.6. The zero-order valence-electron chi connectivity index (χ0n) is 22.7. The first kappa shape index (κ1) is 21.6. The third-order valence-corrected chi connectivity index (χ3v) is 13.6. The quantitative estimate of drug-likeness (QED) is 0.613. The second-order valence-corrected chi connectivity index (χ2v) is 15.2. The molecular formula is C31H41NO4. The second kappa shape index (κ2) is 5.67. The highest BCUT2D eigenvalue weighted by molar-refractivity contribution is 5.69. The minimum Gasteiger partial charge on any atom is -0.493 e. The van der Waals surface area contributed by atoms with Crippen LogP contribution in [0.2, 0.25) is 0 Å². The molecule has 5 nitrogen and oxygen atoms in total. The van der Waals surface area contributed by atoms with Crippen LogP contribution in [0.5, 0.6) is 11.5 Å². The number of piperidine rings is 1. The first-order valence-corrected chi connectivity index (χ1v) is 14.5. The molecule has 10 rings (SSSR count). The number of likely N-dealkylation sites (tertiary alicyclic amines) is 1. The van der Waals surface area contributed by atoms with Gasteiger partial charge in [0.2, 0.25) is 0 Å². The summed E-state index contributed by atoms with van der Waals surface area (Å²) in [6.07, 6.45) is 7.22. The van der Waals surface area contributed by atoms with Gasteiger partial charge in [-0.2, -0.15) is 0 Å². The summed E-state index contributed by atoms with van der Waals surface area (Å²) in [6, 6.07) is 5.12. The summed E-state index contributed by atoms with van der Waals surface area (Å²) < 4.78 is 19.9. The number of benzene rings is 1. The molecule has 2 heterocycles. The molecule has 0 amide bonds. The Morgan fingerprint density at radius 1 is 1.14 bits per heavy atom. The van der Waals surface area contributed by atoms with Gasteiger partial charge in [-0.25, -0.2) is 0 Å². The van der Waals surface area contributed by atoms with Gasteiger partial charge in [-0.05, 0) is 79.7 Å². The summed E-state index contributed by atoms with van der Waals surface area (Å²) in [5.74, 6) is 4.01. The Hall–Kier alpha value is -1.30. The molecule has 1 saturated heterocycles. The Morgan fingerprint density at radius 2 is 1.92 bits per heavy atom. The van der Waals surface area contributed by atoms with Crippen molar-refractivity contribution in [2.24, 2.45) is 34.0 Å². The molecule has 7 fully saturated rings. The van der Waals surface area contributed by atoms with E-state index < -0.39 is 11.2 Å². The van der Waals surface area contributed by atoms with E-state index in [1.54, 1.807) is 7.11 Å². The number of methoxy groups -OCH3 is 2. The van der Waals surface area contributed by atoms with E-state index in [9.17, 15) is 5.11 Å². The molecule has 8 unspecified atom stereocenters. The highest BCUT2D eigenvalue weighted by atomic mass is 16.6. The number of ether oxygens (including phenoxy) is 3. The summed E-state index contributed by atoms with van der Waals surface area (Å²) in [5.41, 5.74) is 2.04. The first-order chi connectivity index (χ1) is 17.1. The smallest absolute Gasteiger partial charge is 0.165 e. The molecule has 1 N–H and O–H groups in total. The fourth-order valence-corrected chi connectivity index (χ4v) is 11.8. The van der Waals surface area contributed by atoms with E-state index in [0.29, 0.717) is 23.4 Å². The minimum absolute atomic E-state index is 0.0199. The van der Waals surface area contributed by atoms with E-state index >= 15 is 0 Å². The number of aliphatic hydroxyl groups is 1. The summed E-state index contributed by atoms with van der Waals surface area (Å²) in [6.45, 7) is 9.95. The lowest BCUT2D eigenvalue weighted by Crippen LogP contribution is -2.76. The summed E-state index contributed by atoms with van der Waals surface area (Å²) >= 11 is 0. The molecule has 5 heteroatoms. The maximum Gasteiger partial charge on any atom is 0.165 e. The van der Waals surface area contributed by atoms with Gasteiger partial charge in [0.05, 0.1) is 12.7 Å². The van der Waals surface area contributed by atoms with Gasteiger partial charge in [-0.15, -0.1) is 0 Å². The maximum absolute atomic E-state index is 12.3. The van der Waals surface area contributed by atoms with Crippen molar-refractivity contribution < 1.29 is 19.3 Å². The largest absolute Gasteiger partial charge is 0.493 e. The van der Waals surface area contributed by atoms with E-state index in [4.69, 9.17) is 14.2 Å². The van der Waals surface area contributed by atoms with Crippen molar-refractivity contribution in [2.45, 2.75) is 101 Å². The van der Waals surface area contributed by atoms with Crippen LogP contribution in [0.25, 0.3) is 0 Å². The minimum atomic E-state index is -0.862. The Kier molecular flexibility index (Phi) is 3.41. The lowest BCUT2D eigenvalue weighted by atomic mass is 9.41. The molecule has 36 heavy (non-hydrogen) atoms. The van der Waals surface area contributed by atoms with Gasteiger partial charge in [-0.1, -0.05) is 26.8 Å².